The number of hydrazine groups is 1. The van der Waals surface area contributed by atoms with Crippen LogP contribution in [0, 0.1) is 6.92 Å². The van der Waals surface area contributed by atoms with Crippen molar-refractivity contribution >= 4 is 33.5 Å². The van der Waals surface area contributed by atoms with Crippen LogP contribution in [0.3, 0.4) is 0 Å². The number of ether oxygens (including phenoxy) is 2. The molecule has 0 aromatic heterocycles. The number of esters is 1. The van der Waals surface area contributed by atoms with Crippen LogP contribution in [0.15, 0.2) is 47.4 Å². The summed E-state index contributed by atoms with van der Waals surface area (Å²) in [5.74, 6) is -1.14. The van der Waals surface area contributed by atoms with E-state index in [9.17, 15) is 18.0 Å². The molecule has 10 heteroatoms. The van der Waals surface area contributed by atoms with Crippen LogP contribution < -0.4 is 15.0 Å². The quantitative estimate of drug-likeness (QED) is 0.530. The first-order chi connectivity index (χ1) is 12.7. The largest absolute Gasteiger partial charge is 0.484 e. The second-order valence-electron chi connectivity index (χ2n) is 5.34. The van der Waals surface area contributed by atoms with Crippen molar-refractivity contribution in [3.8, 4) is 5.75 Å². The van der Waals surface area contributed by atoms with Crippen molar-refractivity contribution in [3.63, 3.8) is 0 Å². The van der Waals surface area contributed by atoms with E-state index in [1.807, 2.05) is 10.3 Å². The third kappa shape index (κ3) is 5.43. The molecule has 0 atom stereocenters. The highest BCUT2D eigenvalue weighted by molar-refractivity contribution is 7.89. The van der Waals surface area contributed by atoms with E-state index in [0.29, 0.717) is 10.8 Å². The van der Waals surface area contributed by atoms with E-state index in [1.54, 1.807) is 25.1 Å². The van der Waals surface area contributed by atoms with Crippen LogP contribution >= 0.6 is 11.6 Å². The van der Waals surface area contributed by atoms with Gasteiger partial charge in [0, 0.05) is 5.02 Å². The van der Waals surface area contributed by atoms with Crippen LogP contribution in [0.1, 0.15) is 15.9 Å². The average Bonchev–Trinajstić information content (AvgIpc) is 2.66. The van der Waals surface area contributed by atoms with Crippen LogP contribution in [-0.2, 0) is 19.6 Å². The van der Waals surface area contributed by atoms with Crippen LogP contribution in [0.2, 0.25) is 5.02 Å². The third-order valence-electron chi connectivity index (χ3n) is 3.41. The van der Waals surface area contributed by atoms with Gasteiger partial charge >= 0.3 is 5.97 Å². The molecule has 0 radical (unpaired) electrons. The van der Waals surface area contributed by atoms with Crippen LogP contribution in [0.4, 0.5) is 0 Å². The van der Waals surface area contributed by atoms with Crippen LogP contribution in [0.5, 0.6) is 5.75 Å². The van der Waals surface area contributed by atoms with Gasteiger partial charge in [0.1, 0.15) is 5.75 Å². The Kier molecular flexibility index (Phi) is 6.78. The average molecular weight is 413 g/mol. The molecular formula is C17H17ClN2O6S. The van der Waals surface area contributed by atoms with Gasteiger partial charge in [0.25, 0.3) is 15.9 Å². The molecule has 0 aliphatic rings. The number of aryl methyl sites for hydroxylation is 1. The fourth-order valence-electron chi connectivity index (χ4n) is 2.05. The normalized spacial score (nSPS) is 10.9. The zero-order chi connectivity index (χ0) is 20.0. The van der Waals surface area contributed by atoms with Gasteiger partial charge in [-0.15, -0.1) is 4.83 Å². The van der Waals surface area contributed by atoms with Crippen molar-refractivity contribution in [2.24, 2.45) is 0 Å². The molecule has 0 aliphatic heterocycles. The number of nitrogens with one attached hydrogen (secondary N) is 2. The van der Waals surface area contributed by atoms with Crippen LogP contribution in [0.25, 0.3) is 0 Å². The molecule has 2 rings (SSSR count). The van der Waals surface area contributed by atoms with Gasteiger partial charge in [-0.1, -0.05) is 23.7 Å². The molecular weight excluding hydrogens is 396 g/mol. The number of carbonyl (C=O) groups is 2. The highest BCUT2D eigenvalue weighted by Gasteiger charge is 2.23. The Bertz CT molecular complexity index is 962. The Balaban J connectivity index is 2.00. The predicted molar refractivity (Wildman–Crippen MR) is 97.9 cm³/mol. The number of rotatable bonds is 7. The van der Waals surface area contributed by atoms with Crippen molar-refractivity contribution in [2.45, 2.75) is 11.8 Å². The highest BCUT2D eigenvalue weighted by Crippen LogP contribution is 2.21. The molecule has 0 heterocycles. The van der Waals surface area contributed by atoms with Crippen molar-refractivity contribution in [1.29, 1.82) is 0 Å². The van der Waals surface area contributed by atoms with Crippen molar-refractivity contribution in [3.05, 3.63) is 58.6 Å². The summed E-state index contributed by atoms with van der Waals surface area (Å²) >= 11 is 5.90. The monoisotopic (exact) mass is 412 g/mol. The smallest absolute Gasteiger partial charge is 0.339 e. The molecule has 27 heavy (non-hydrogen) atoms. The van der Waals surface area contributed by atoms with Crippen molar-refractivity contribution in [2.75, 3.05) is 13.7 Å². The summed E-state index contributed by atoms with van der Waals surface area (Å²) in [6.07, 6.45) is 0. The highest BCUT2D eigenvalue weighted by atomic mass is 35.5. The van der Waals surface area contributed by atoms with Gasteiger partial charge in [-0.05, 0) is 42.8 Å². The van der Waals surface area contributed by atoms with Gasteiger partial charge in [0.05, 0.1) is 17.6 Å². The third-order valence-corrected chi connectivity index (χ3v) is 5.14. The van der Waals surface area contributed by atoms with Gasteiger partial charge in [-0.2, -0.15) is 0 Å². The fourth-order valence-corrected chi connectivity index (χ4v) is 3.22. The molecule has 8 nitrogen and oxygen atoms in total. The number of benzene rings is 2. The first-order valence-corrected chi connectivity index (χ1v) is 9.47. The molecule has 0 saturated heterocycles. The lowest BCUT2D eigenvalue weighted by molar-refractivity contribution is -0.123. The first-order valence-electron chi connectivity index (χ1n) is 7.61. The maximum atomic E-state index is 12.3. The predicted octanol–water partition coefficient (Wildman–Crippen LogP) is 1.82. The number of hydrogen-bond acceptors (Lipinski definition) is 6. The molecule has 0 spiro atoms. The van der Waals surface area contributed by atoms with E-state index in [-0.39, 0.29) is 10.5 Å². The molecule has 2 N–H and O–H groups in total. The maximum absolute atomic E-state index is 12.3. The fraction of sp³-hybridized carbons (Fsp3) is 0.176. The molecule has 2 aromatic carbocycles. The maximum Gasteiger partial charge on any atom is 0.339 e. The summed E-state index contributed by atoms with van der Waals surface area (Å²) in [5.41, 5.74) is 2.64. The van der Waals surface area contributed by atoms with Gasteiger partial charge < -0.3 is 9.47 Å². The Morgan fingerprint density at radius 3 is 2.52 bits per heavy atom. The number of hydrogen-bond donors (Lipinski definition) is 2. The lowest BCUT2D eigenvalue weighted by Gasteiger charge is -2.12. The number of methoxy groups -OCH3 is 1. The van der Waals surface area contributed by atoms with E-state index < -0.39 is 28.5 Å². The summed E-state index contributed by atoms with van der Waals surface area (Å²) in [4.78, 5) is 25.1. The SMILES string of the molecule is COC(=O)c1ccccc1S(=O)(=O)NNC(=O)COc1ccc(Cl)c(C)c1. The summed E-state index contributed by atoms with van der Waals surface area (Å²) < 4.78 is 34.5. The molecule has 0 saturated carbocycles. The van der Waals surface area contributed by atoms with Gasteiger partial charge in [0.2, 0.25) is 0 Å². The zero-order valence-electron chi connectivity index (χ0n) is 14.5. The Morgan fingerprint density at radius 2 is 1.85 bits per heavy atom. The number of carbonyl (C=O) groups excluding carboxylic acids is 2. The van der Waals surface area contributed by atoms with E-state index in [4.69, 9.17) is 16.3 Å². The van der Waals surface area contributed by atoms with Crippen molar-refractivity contribution < 1.29 is 27.5 Å². The van der Waals surface area contributed by atoms with Crippen molar-refractivity contribution in [1.82, 2.24) is 10.3 Å². The molecule has 1 amide bonds. The standard InChI is InChI=1S/C17H17ClN2O6S/c1-11-9-12(7-8-14(11)18)26-10-16(21)19-20-27(23,24)15-6-4-3-5-13(15)17(22)25-2/h3-9,20H,10H2,1-2H3,(H,19,21). The molecule has 0 fully saturated rings. The lowest BCUT2D eigenvalue weighted by Crippen LogP contribution is -2.44. The molecule has 2 aromatic rings. The Labute approximate surface area is 161 Å². The van der Waals surface area contributed by atoms with E-state index in [0.717, 1.165) is 12.7 Å². The molecule has 0 unspecified atom stereocenters. The van der Waals surface area contributed by atoms with Gasteiger partial charge in [-0.3, -0.25) is 10.2 Å². The molecule has 0 aliphatic carbocycles. The molecule has 144 valence electrons. The van der Waals surface area contributed by atoms with Crippen LogP contribution in [-0.4, -0.2) is 34.0 Å². The first kappa shape index (κ1) is 20.7. The minimum absolute atomic E-state index is 0.158. The number of amides is 1. The minimum Gasteiger partial charge on any atom is -0.484 e. The van der Waals surface area contributed by atoms with Gasteiger partial charge in [0.15, 0.2) is 6.61 Å². The second kappa shape index (κ2) is 8.85. The summed E-state index contributed by atoms with van der Waals surface area (Å²) in [6.45, 7) is 1.35. The summed E-state index contributed by atoms with van der Waals surface area (Å²) in [7, 11) is -3.06. The topological polar surface area (TPSA) is 111 Å². The van der Waals surface area contributed by atoms with E-state index >= 15 is 0 Å². The zero-order valence-corrected chi connectivity index (χ0v) is 16.1. The number of halogens is 1. The Morgan fingerprint density at radius 1 is 1.15 bits per heavy atom. The Hall–Kier alpha value is -2.62. The second-order valence-corrected chi connectivity index (χ2v) is 7.40. The lowest BCUT2D eigenvalue weighted by atomic mass is 10.2. The number of sulfonamides is 1. The van der Waals surface area contributed by atoms with E-state index in [2.05, 4.69) is 4.74 Å². The van der Waals surface area contributed by atoms with E-state index in [1.165, 1.54) is 24.3 Å². The minimum atomic E-state index is -4.19. The summed E-state index contributed by atoms with van der Waals surface area (Å²) in [5, 5.41) is 0.559. The molecule has 0 bridgehead atoms. The van der Waals surface area contributed by atoms with Gasteiger partial charge in [-0.25, -0.2) is 13.2 Å². The summed E-state index contributed by atoms with van der Waals surface area (Å²) in [6, 6.07) is 10.3.